The van der Waals surface area contributed by atoms with Crippen LogP contribution in [0.15, 0.2) is 18.3 Å². The average molecular weight is 233 g/mol. The van der Waals surface area contributed by atoms with Crippen molar-refractivity contribution in [2.75, 3.05) is 17.2 Å². The minimum absolute atomic E-state index is 0.175. The zero-order valence-electron chi connectivity index (χ0n) is 10.2. The second-order valence-corrected chi connectivity index (χ2v) is 4.59. The molecule has 92 valence electrons. The zero-order valence-corrected chi connectivity index (χ0v) is 10.2. The number of hydrogen-bond donors (Lipinski definition) is 1. The predicted octanol–water partition coefficient (Wildman–Crippen LogP) is 2.21. The molecule has 1 aliphatic carbocycles. The lowest BCUT2D eigenvalue weighted by Gasteiger charge is -2.28. The second kappa shape index (κ2) is 5.17. The van der Waals surface area contributed by atoms with Crippen LogP contribution in [0.5, 0.6) is 0 Å². The number of rotatable bonds is 4. The lowest BCUT2D eigenvalue weighted by molar-refractivity contribution is -0.120. The van der Waals surface area contributed by atoms with E-state index in [2.05, 4.69) is 4.98 Å². The number of carbonyl (C=O) groups is 1. The van der Waals surface area contributed by atoms with Crippen molar-refractivity contribution in [3.05, 3.63) is 18.3 Å². The van der Waals surface area contributed by atoms with E-state index in [-0.39, 0.29) is 5.91 Å². The molecule has 0 atom stereocenters. The van der Waals surface area contributed by atoms with Gasteiger partial charge in [-0.15, -0.1) is 0 Å². The van der Waals surface area contributed by atoms with E-state index < -0.39 is 0 Å². The number of nitrogens with two attached hydrogens (primary N) is 1. The Morgan fingerprint density at radius 3 is 2.76 bits per heavy atom. The highest BCUT2D eigenvalue weighted by Gasteiger charge is 2.24. The maximum atomic E-state index is 12.1. The Bertz CT molecular complexity index is 384. The van der Waals surface area contributed by atoms with Crippen molar-refractivity contribution in [2.45, 2.75) is 32.6 Å². The molecule has 0 aliphatic heterocycles. The van der Waals surface area contributed by atoms with Gasteiger partial charge in [-0.2, -0.15) is 0 Å². The molecule has 1 saturated carbocycles. The number of hydrogen-bond acceptors (Lipinski definition) is 3. The molecule has 0 radical (unpaired) electrons. The molecule has 0 spiro atoms. The number of pyridine rings is 1. The van der Waals surface area contributed by atoms with E-state index >= 15 is 0 Å². The molecular weight excluding hydrogens is 214 g/mol. The number of anilines is 2. The van der Waals surface area contributed by atoms with Crippen LogP contribution in [0, 0.1) is 5.92 Å². The second-order valence-electron chi connectivity index (χ2n) is 4.59. The number of nitrogen functional groups attached to an aromatic ring is 1. The van der Waals surface area contributed by atoms with Gasteiger partial charge in [-0.25, -0.2) is 4.98 Å². The quantitative estimate of drug-likeness (QED) is 0.867. The first-order valence-electron chi connectivity index (χ1n) is 6.22. The minimum Gasteiger partial charge on any atom is -0.397 e. The minimum atomic E-state index is 0.175. The number of aromatic nitrogens is 1. The third-order valence-electron chi connectivity index (χ3n) is 3.35. The number of nitrogens with zero attached hydrogens (tertiary/aromatic N) is 2. The topological polar surface area (TPSA) is 59.2 Å². The highest BCUT2D eigenvalue weighted by Crippen LogP contribution is 2.30. The monoisotopic (exact) mass is 233 g/mol. The van der Waals surface area contributed by atoms with Crippen LogP contribution in [-0.4, -0.2) is 17.4 Å². The van der Waals surface area contributed by atoms with Gasteiger partial charge >= 0.3 is 0 Å². The smallest absolute Gasteiger partial charge is 0.228 e. The van der Waals surface area contributed by atoms with E-state index in [4.69, 9.17) is 5.73 Å². The standard InChI is InChI=1S/C13H19N3O/c1-2-16(12-7-6-11(14)9-15-12)13(17)8-10-4-3-5-10/h6-7,9-10H,2-5,8,14H2,1H3. The van der Waals surface area contributed by atoms with Gasteiger partial charge in [-0.1, -0.05) is 6.42 Å². The molecular formula is C13H19N3O. The van der Waals surface area contributed by atoms with Crippen LogP contribution in [-0.2, 0) is 4.79 Å². The first kappa shape index (κ1) is 11.9. The maximum Gasteiger partial charge on any atom is 0.228 e. The molecule has 1 aromatic heterocycles. The van der Waals surface area contributed by atoms with E-state index in [0.717, 1.165) is 0 Å². The Morgan fingerprint density at radius 1 is 1.53 bits per heavy atom. The van der Waals surface area contributed by atoms with Crippen LogP contribution in [0.4, 0.5) is 11.5 Å². The van der Waals surface area contributed by atoms with Gasteiger partial charge in [0.2, 0.25) is 5.91 Å². The van der Waals surface area contributed by atoms with Crippen LogP contribution in [0.25, 0.3) is 0 Å². The molecule has 4 heteroatoms. The lowest BCUT2D eigenvalue weighted by atomic mass is 9.82. The highest BCUT2D eigenvalue weighted by molar-refractivity contribution is 5.92. The molecule has 1 heterocycles. The van der Waals surface area contributed by atoms with Crippen LogP contribution in [0.3, 0.4) is 0 Å². The van der Waals surface area contributed by atoms with Gasteiger partial charge in [0, 0.05) is 13.0 Å². The summed E-state index contributed by atoms with van der Waals surface area (Å²) in [6.07, 6.45) is 5.90. The Balaban J connectivity index is 2.03. The molecule has 0 unspecified atom stereocenters. The SMILES string of the molecule is CCN(C(=O)CC1CCC1)c1ccc(N)cn1. The molecule has 0 saturated heterocycles. The summed E-state index contributed by atoms with van der Waals surface area (Å²) in [7, 11) is 0. The molecule has 1 aliphatic rings. The van der Waals surface area contributed by atoms with Gasteiger partial charge in [-0.05, 0) is 37.8 Å². The summed E-state index contributed by atoms with van der Waals surface area (Å²) in [4.78, 5) is 18.1. The van der Waals surface area contributed by atoms with Gasteiger partial charge in [0.15, 0.2) is 0 Å². The maximum absolute atomic E-state index is 12.1. The summed E-state index contributed by atoms with van der Waals surface area (Å²) in [6, 6.07) is 3.58. The van der Waals surface area contributed by atoms with Crippen molar-refractivity contribution >= 4 is 17.4 Å². The van der Waals surface area contributed by atoms with E-state index in [9.17, 15) is 4.79 Å². The molecule has 1 amide bonds. The van der Waals surface area contributed by atoms with E-state index in [1.165, 1.54) is 19.3 Å². The van der Waals surface area contributed by atoms with Gasteiger partial charge in [0.05, 0.1) is 11.9 Å². The van der Waals surface area contributed by atoms with Gasteiger partial charge in [0.1, 0.15) is 5.82 Å². The molecule has 1 fully saturated rings. The van der Waals surface area contributed by atoms with Crippen molar-refractivity contribution in [3.63, 3.8) is 0 Å². The Labute approximate surface area is 102 Å². The van der Waals surface area contributed by atoms with E-state index in [1.807, 2.05) is 6.92 Å². The Kier molecular flexibility index (Phi) is 3.61. The first-order valence-corrected chi connectivity index (χ1v) is 6.22. The molecule has 1 aromatic rings. The number of amides is 1. The van der Waals surface area contributed by atoms with Crippen molar-refractivity contribution in [2.24, 2.45) is 5.92 Å². The van der Waals surface area contributed by atoms with E-state index in [1.54, 1.807) is 23.2 Å². The molecule has 17 heavy (non-hydrogen) atoms. The fourth-order valence-electron chi connectivity index (χ4n) is 2.08. The molecule has 0 bridgehead atoms. The highest BCUT2D eigenvalue weighted by atomic mass is 16.2. The van der Waals surface area contributed by atoms with Crippen molar-refractivity contribution in [3.8, 4) is 0 Å². The average Bonchev–Trinajstić information content (AvgIpc) is 2.27. The fourth-order valence-corrected chi connectivity index (χ4v) is 2.08. The summed E-state index contributed by atoms with van der Waals surface area (Å²) in [5.41, 5.74) is 6.21. The normalized spacial score (nSPS) is 15.4. The summed E-state index contributed by atoms with van der Waals surface area (Å²) in [6.45, 7) is 2.62. The third-order valence-corrected chi connectivity index (χ3v) is 3.35. The predicted molar refractivity (Wildman–Crippen MR) is 68.6 cm³/mol. The lowest BCUT2D eigenvalue weighted by Crippen LogP contribution is -2.33. The van der Waals surface area contributed by atoms with E-state index in [0.29, 0.717) is 30.4 Å². The van der Waals surface area contributed by atoms with Crippen LogP contribution in [0.1, 0.15) is 32.6 Å². The summed E-state index contributed by atoms with van der Waals surface area (Å²) >= 11 is 0. The van der Waals surface area contributed by atoms with Crippen LogP contribution < -0.4 is 10.6 Å². The van der Waals surface area contributed by atoms with Crippen molar-refractivity contribution in [1.29, 1.82) is 0 Å². The summed E-state index contributed by atoms with van der Waals surface area (Å²) in [5, 5.41) is 0. The summed E-state index contributed by atoms with van der Waals surface area (Å²) < 4.78 is 0. The van der Waals surface area contributed by atoms with Gasteiger partial charge < -0.3 is 5.73 Å². The number of carbonyl (C=O) groups excluding carboxylic acids is 1. The zero-order chi connectivity index (χ0) is 12.3. The third kappa shape index (κ3) is 2.75. The van der Waals surface area contributed by atoms with Crippen molar-refractivity contribution < 1.29 is 4.79 Å². The fraction of sp³-hybridized carbons (Fsp3) is 0.538. The largest absolute Gasteiger partial charge is 0.397 e. The van der Waals surface area contributed by atoms with Gasteiger partial charge in [0.25, 0.3) is 0 Å². The molecule has 4 nitrogen and oxygen atoms in total. The molecule has 2 N–H and O–H groups in total. The van der Waals surface area contributed by atoms with Gasteiger partial charge in [-0.3, -0.25) is 9.69 Å². The molecule has 2 rings (SSSR count). The van der Waals surface area contributed by atoms with Crippen LogP contribution in [0.2, 0.25) is 0 Å². The molecule has 0 aromatic carbocycles. The Morgan fingerprint density at radius 2 is 2.29 bits per heavy atom. The summed E-state index contributed by atoms with van der Waals surface area (Å²) in [5.74, 6) is 1.46. The Hall–Kier alpha value is -1.58. The first-order chi connectivity index (χ1) is 8.20. The van der Waals surface area contributed by atoms with Crippen LogP contribution >= 0.6 is 0 Å². The van der Waals surface area contributed by atoms with Crippen molar-refractivity contribution in [1.82, 2.24) is 4.98 Å².